The highest BCUT2D eigenvalue weighted by Crippen LogP contribution is 2.15. The first-order chi connectivity index (χ1) is 16.7. The van der Waals surface area contributed by atoms with Crippen LogP contribution < -0.4 is 5.32 Å². The van der Waals surface area contributed by atoms with E-state index in [9.17, 15) is 4.79 Å². The molecule has 0 aliphatic heterocycles. The number of carbonyl (C=O) groups excluding carboxylic acids is 1. The van der Waals surface area contributed by atoms with Gasteiger partial charge in [0.05, 0.1) is 6.61 Å². The monoisotopic (exact) mass is 483 g/mol. The molecule has 186 valence electrons. The molecule has 0 radical (unpaired) electrons. The summed E-state index contributed by atoms with van der Waals surface area (Å²) in [7, 11) is 0. The van der Waals surface area contributed by atoms with E-state index in [1.165, 1.54) is 88.7 Å². The van der Waals surface area contributed by atoms with Crippen molar-refractivity contribution in [1.82, 2.24) is 0 Å². The van der Waals surface area contributed by atoms with Crippen molar-refractivity contribution in [3.63, 3.8) is 0 Å². The molecular weight excluding hydrogens is 442 g/mol. The van der Waals surface area contributed by atoms with Gasteiger partial charge in [0.15, 0.2) is 0 Å². The molecule has 0 amide bonds. The van der Waals surface area contributed by atoms with Crippen molar-refractivity contribution in [2.45, 2.75) is 84.0 Å². The smallest absolute Gasteiger partial charge is 0.330 e. The van der Waals surface area contributed by atoms with Gasteiger partial charge >= 0.3 is 5.97 Å². The van der Waals surface area contributed by atoms with E-state index in [1.54, 1.807) is 13.0 Å². The first-order valence-corrected chi connectivity index (χ1v) is 13.5. The Hall–Kier alpha value is -2.26. The lowest BCUT2D eigenvalue weighted by molar-refractivity contribution is -0.137. The molecule has 0 aliphatic rings. The van der Waals surface area contributed by atoms with Crippen LogP contribution in [0.2, 0.25) is 5.02 Å². The number of benzene rings is 2. The van der Waals surface area contributed by atoms with Crippen LogP contribution in [-0.4, -0.2) is 19.1 Å². The summed E-state index contributed by atoms with van der Waals surface area (Å²) >= 11 is 5.93. The average Bonchev–Trinajstić information content (AvgIpc) is 2.85. The molecule has 0 saturated heterocycles. The molecule has 3 nitrogen and oxygen atoms in total. The highest BCUT2D eigenvalue weighted by molar-refractivity contribution is 6.30. The fourth-order valence-corrected chi connectivity index (χ4v) is 4.12. The minimum absolute atomic E-state index is 0.300. The Labute approximate surface area is 211 Å². The van der Waals surface area contributed by atoms with Crippen LogP contribution in [0.1, 0.15) is 88.7 Å². The maximum Gasteiger partial charge on any atom is 0.330 e. The summed E-state index contributed by atoms with van der Waals surface area (Å²) in [6.45, 7) is 3.22. The average molecular weight is 484 g/mol. The van der Waals surface area contributed by atoms with Gasteiger partial charge in [0.1, 0.15) is 0 Å². The van der Waals surface area contributed by atoms with Crippen molar-refractivity contribution in [2.24, 2.45) is 0 Å². The van der Waals surface area contributed by atoms with E-state index in [0.717, 1.165) is 22.8 Å². The third-order valence-electron chi connectivity index (χ3n) is 5.99. The van der Waals surface area contributed by atoms with E-state index in [0.29, 0.717) is 6.61 Å². The Morgan fingerprint density at radius 1 is 0.794 bits per heavy atom. The number of esters is 1. The minimum atomic E-state index is -0.300. The van der Waals surface area contributed by atoms with Gasteiger partial charge in [-0.15, -0.1) is 0 Å². The number of ether oxygens (including phenoxy) is 1. The molecule has 1 N–H and O–H groups in total. The number of carbonyl (C=O) groups is 1. The number of hydrogen-bond donors (Lipinski definition) is 1. The van der Waals surface area contributed by atoms with Crippen LogP contribution in [0.15, 0.2) is 54.6 Å². The Bertz CT molecular complexity index is 815. The van der Waals surface area contributed by atoms with Crippen molar-refractivity contribution in [3.05, 3.63) is 70.8 Å². The Morgan fingerprint density at radius 2 is 1.35 bits per heavy atom. The van der Waals surface area contributed by atoms with E-state index >= 15 is 0 Å². The zero-order valence-electron chi connectivity index (χ0n) is 20.9. The topological polar surface area (TPSA) is 38.3 Å². The summed E-state index contributed by atoms with van der Waals surface area (Å²) < 4.78 is 4.89. The molecule has 4 heteroatoms. The summed E-state index contributed by atoms with van der Waals surface area (Å²) in [6, 6.07) is 16.4. The van der Waals surface area contributed by atoms with Crippen LogP contribution >= 0.6 is 11.6 Å². The molecule has 0 bridgehead atoms. The van der Waals surface area contributed by atoms with Crippen molar-refractivity contribution in [2.75, 3.05) is 18.5 Å². The Balaban J connectivity index is 1.37. The second-order valence-corrected chi connectivity index (χ2v) is 9.34. The molecule has 0 aromatic heterocycles. The van der Waals surface area contributed by atoms with E-state index in [-0.39, 0.29) is 5.97 Å². The lowest BCUT2D eigenvalue weighted by Gasteiger charge is -2.07. The van der Waals surface area contributed by atoms with Gasteiger partial charge in [-0.05, 0) is 67.7 Å². The van der Waals surface area contributed by atoms with Crippen LogP contribution in [0, 0.1) is 0 Å². The predicted octanol–water partition coefficient (Wildman–Crippen LogP) is 8.86. The van der Waals surface area contributed by atoms with Crippen molar-refractivity contribution in [1.29, 1.82) is 0 Å². The molecule has 0 spiro atoms. The van der Waals surface area contributed by atoms with E-state index < -0.39 is 0 Å². The number of rotatable bonds is 18. The molecule has 0 atom stereocenters. The lowest BCUT2D eigenvalue weighted by atomic mass is 10.0. The number of nitrogens with one attached hydrogen (secondary N) is 1. The molecule has 2 rings (SSSR count). The number of hydrogen-bond acceptors (Lipinski definition) is 3. The molecule has 0 aliphatic carbocycles. The van der Waals surface area contributed by atoms with E-state index in [2.05, 4.69) is 29.6 Å². The molecular formula is C30H42ClNO2. The molecule has 0 heterocycles. The summed E-state index contributed by atoms with van der Waals surface area (Å²) in [5.74, 6) is -0.300. The molecule has 0 fully saturated rings. The quantitative estimate of drug-likeness (QED) is 0.131. The number of unbranched alkanes of at least 4 members (excludes halogenated alkanes) is 10. The zero-order valence-corrected chi connectivity index (χ0v) is 21.6. The highest BCUT2D eigenvalue weighted by Gasteiger charge is 1.98. The molecule has 0 saturated carbocycles. The SMILES string of the molecule is CCOC(=O)/C=C/c1ccc(NCCCCCCCCCCCCCc2ccc(Cl)cc2)cc1. The molecule has 34 heavy (non-hydrogen) atoms. The second kappa shape index (κ2) is 18.1. The normalized spacial score (nSPS) is 11.1. The van der Waals surface area contributed by atoms with Gasteiger partial charge in [0.25, 0.3) is 0 Å². The van der Waals surface area contributed by atoms with Crippen LogP contribution in [0.4, 0.5) is 5.69 Å². The fourth-order valence-electron chi connectivity index (χ4n) is 4.00. The van der Waals surface area contributed by atoms with Gasteiger partial charge < -0.3 is 10.1 Å². The number of halogens is 1. The maximum atomic E-state index is 11.4. The lowest BCUT2D eigenvalue weighted by Crippen LogP contribution is -2.01. The molecule has 0 unspecified atom stereocenters. The third-order valence-corrected chi connectivity index (χ3v) is 6.25. The highest BCUT2D eigenvalue weighted by atomic mass is 35.5. The largest absolute Gasteiger partial charge is 0.463 e. The standard InChI is InChI=1S/C30H42ClNO2/c1-2-34-30(33)24-19-27-17-22-29(23-18-27)32-25-13-11-9-7-5-3-4-6-8-10-12-14-26-15-20-28(31)21-16-26/h15-24,32H,2-14,25H2,1H3/b24-19+. The van der Waals surface area contributed by atoms with Crippen molar-refractivity contribution in [3.8, 4) is 0 Å². The summed E-state index contributed by atoms with van der Waals surface area (Å²) in [4.78, 5) is 11.4. The van der Waals surface area contributed by atoms with Crippen LogP contribution in [-0.2, 0) is 16.0 Å². The number of anilines is 1. The van der Waals surface area contributed by atoms with Gasteiger partial charge in [-0.3, -0.25) is 0 Å². The first kappa shape index (κ1) is 28.0. The Morgan fingerprint density at radius 3 is 1.94 bits per heavy atom. The van der Waals surface area contributed by atoms with Gasteiger partial charge in [-0.2, -0.15) is 0 Å². The molecule has 2 aromatic rings. The van der Waals surface area contributed by atoms with Crippen LogP contribution in [0.5, 0.6) is 0 Å². The summed E-state index contributed by atoms with van der Waals surface area (Å²) in [5.41, 5.74) is 3.52. The fraction of sp³-hybridized carbons (Fsp3) is 0.500. The van der Waals surface area contributed by atoms with Gasteiger partial charge in [-0.1, -0.05) is 93.7 Å². The minimum Gasteiger partial charge on any atom is -0.463 e. The van der Waals surface area contributed by atoms with Crippen LogP contribution in [0.3, 0.4) is 0 Å². The second-order valence-electron chi connectivity index (χ2n) is 8.90. The van der Waals surface area contributed by atoms with Crippen molar-refractivity contribution >= 4 is 29.3 Å². The van der Waals surface area contributed by atoms with E-state index in [4.69, 9.17) is 16.3 Å². The van der Waals surface area contributed by atoms with Gasteiger partial charge in [-0.25, -0.2) is 4.79 Å². The van der Waals surface area contributed by atoms with Gasteiger partial charge in [0.2, 0.25) is 0 Å². The van der Waals surface area contributed by atoms with Crippen LogP contribution in [0.25, 0.3) is 6.08 Å². The van der Waals surface area contributed by atoms with Gasteiger partial charge in [0, 0.05) is 23.3 Å². The molecule has 2 aromatic carbocycles. The first-order valence-electron chi connectivity index (χ1n) is 13.1. The summed E-state index contributed by atoms with van der Waals surface area (Å²) in [6.07, 6.45) is 19.1. The van der Waals surface area contributed by atoms with E-state index in [1.807, 2.05) is 24.3 Å². The van der Waals surface area contributed by atoms with Crippen molar-refractivity contribution < 1.29 is 9.53 Å². The third kappa shape index (κ3) is 13.4. The zero-order chi connectivity index (χ0) is 24.3. The maximum absolute atomic E-state index is 11.4. The predicted molar refractivity (Wildman–Crippen MR) is 147 cm³/mol. The number of aryl methyl sites for hydroxylation is 1. The Kier molecular flexibility index (Phi) is 14.9. The summed E-state index contributed by atoms with van der Waals surface area (Å²) in [5, 5.41) is 4.31.